The number of rotatable bonds is 3. The molecule has 3 rings (SSSR count). The summed E-state index contributed by atoms with van der Waals surface area (Å²) in [7, 11) is 1.74. The Labute approximate surface area is 136 Å². The standard InChI is InChI=1S/C20H19NO2/c1-15(16-9-4-3-5-10-16)23-20(22)21(2)19-14-8-12-17-11-6-7-13-18(17)19/h3-15H,1-2H3. The highest BCUT2D eigenvalue weighted by atomic mass is 16.6. The topological polar surface area (TPSA) is 29.5 Å². The fourth-order valence-electron chi connectivity index (χ4n) is 2.62. The van der Waals surface area contributed by atoms with Crippen LogP contribution in [0.4, 0.5) is 10.5 Å². The van der Waals surface area contributed by atoms with Gasteiger partial charge in [0.1, 0.15) is 6.10 Å². The molecule has 0 aliphatic rings. The molecule has 3 aromatic rings. The second kappa shape index (κ2) is 6.53. The summed E-state index contributed by atoms with van der Waals surface area (Å²) >= 11 is 0. The summed E-state index contributed by atoms with van der Waals surface area (Å²) in [5.74, 6) is 0. The molecule has 0 spiro atoms. The maximum Gasteiger partial charge on any atom is 0.414 e. The fourth-order valence-corrected chi connectivity index (χ4v) is 2.62. The summed E-state index contributed by atoms with van der Waals surface area (Å²) in [6.07, 6.45) is -0.654. The van der Waals surface area contributed by atoms with Gasteiger partial charge in [0.2, 0.25) is 0 Å². The molecule has 116 valence electrons. The Hall–Kier alpha value is -2.81. The Bertz CT molecular complexity index is 809. The maximum atomic E-state index is 12.5. The van der Waals surface area contributed by atoms with Crippen molar-refractivity contribution in [2.75, 3.05) is 11.9 Å². The van der Waals surface area contributed by atoms with Crippen molar-refractivity contribution in [2.45, 2.75) is 13.0 Å². The average molecular weight is 305 g/mol. The van der Waals surface area contributed by atoms with Crippen LogP contribution in [0.25, 0.3) is 10.8 Å². The highest BCUT2D eigenvalue weighted by Crippen LogP contribution is 2.27. The molecule has 0 aliphatic heterocycles. The van der Waals surface area contributed by atoms with Crippen molar-refractivity contribution in [3.63, 3.8) is 0 Å². The Morgan fingerprint density at radius 3 is 2.35 bits per heavy atom. The minimum atomic E-state index is -0.363. The van der Waals surface area contributed by atoms with E-state index in [0.29, 0.717) is 0 Å². The van der Waals surface area contributed by atoms with Crippen molar-refractivity contribution in [3.05, 3.63) is 78.4 Å². The van der Waals surface area contributed by atoms with Crippen LogP contribution in [0.3, 0.4) is 0 Å². The quantitative estimate of drug-likeness (QED) is 0.667. The number of carbonyl (C=O) groups excluding carboxylic acids is 1. The van der Waals surface area contributed by atoms with Crippen molar-refractivity contribution in [3.8, 4) is 0 Å². The number of ether oxygens (including phenoxy) is 1. The summed E-state index contributed by atoms with van der Waals surface area (Å²) in [5.41, 5.74) is 1.82. The van der Waals surface area contributed by atoms with Gasteiger partial charge in [0, 0.05) is 12.4 Å². The molecule has 0 aromatic heterocycles. The summed E-state index contributed by atoms with van der Waals surface area (Å²) in [5, 5.41) is 2.13. The number of benzene rings is 3. The van der Waals surface area contributed by atoms with Crippen LogP contribution < -0.4 is 4.90 Å². The van der Waals surface area contributed by atoms with Gasteiger partial charge in [-0.3, -0.25) is 4.90 Å². The Morgan fingerprint density at radius 1 is 0.913 bits per heavy atom. The van der Waals surface area contributed by atoms with Gasteiger partial charge >= 0.3 is 6.09 Å². The third-order valence-corrected chi connectivity index (χ3v) is 3.95. The van der Waals surface area contributed by atoms with Gasteiger partial charge in [-0.2, -0.15) is 0 Å². The largest absolute Gasteiger partial charge is 0.441 e. The Morgan fingerprint density at radius 2 is 1.57 bits per heavy atom. The predicted molar refractivity (Wildman–Crippen MR) is 93.7 cm³/mol. The van der Waals surface area contributed by atoms with Gasteiger partial charge in [0.05, 0.1) is 5.69 Å². The molecule has 1 unspecified atom stereocenters. The van der Waals surface area contributed by atoms with Gasteiger partial charge in [0.15, 0.2) is 0 Å². The van der Waals surface area contributed by atoms with E-state index in [0.717, 1.165) is 22.0 Å². The number of anilines is 1. The van der Waals surface area contributed by atoms with Gasteiger partial charge in [-0.15, -0.1) is 0 Å². The van der Waals surface area contributed by atoms with Crippen molar-refractivity contribution in [1.82, 2.24) is 0 Å². The smallest absolute Gasteiger partial charge is 0.414 e. The van der Waals surface area contributed by atoms with Crippen LogP contribution in [0.2, 0.25) is 0 Å². The van der Waals surface area contributed by atoms with E-state index in [2.05, 4.69) is 0 Å². The zero-order valence-corrected chi connectivity index (χ0v) is 13.3. The lowest BCUT2D eigenvalue weighted by molar-refractivity contribution is 0.115. The zero-order chi connectivity index (χ0) is 16.2. The number of amides is 1. The first-order chi connectivity index (χ1) is 11.2. The molecule has 0 bridgehead atoms. The minimum absolute atomic E-state index is 0.291. The van der Waals surface area contributed by atoms with Crippen LogP contribution in [-0.4, -0.2) is 13.1 Å². The fraction of sp³-hybridized carbons (Fsp3) is 0.150. The highest BCUT2D eigenvalue weighted by molar-refractivity contribution is 6.01. The van der Waals surface area contributed by atoms with Crippen LogP contribution >= 0.6 is 0 Å². The van der Waals surface area contributed by atoms with Gasteiger partial charge < -0.3 is 4.74 Å². The van der Waals surface area contributed by atoms with Gasteiger partial charge in [-0.1, -0.05) is 66.7 Å². The molecule has 3 aromatic carbocycles. The molecule has 23 heavy (non-hydrogen) atoms. The first kappa shape index (κ1) is 15.1. The van der Waals surface area contributed by atoms with E-state index >= 15 is 0 Å². The van der Waals surface area contributed by atoms with Crippen LogP contribution in [0, 0.1) is 0 Å². The lowest BCUT2D eigenvalue weighted by atomic mass is 10.1. The van der Waals surface area contributed by atoms with Crippen LogP contribution in [0.15, 0.2) is 72.8 Å². The number of nitrogens with zero attached hydrogens (tertiary/aromatic N) is 1. The Kier molecular flexibility index (Phi) is 4.29. The van der Waals surface area contributed by atoms with Crippen molar-refractivity contribution in [2.24, 2.45) is 0 Å². The molecule has 3 nitrogen and oxygen atoms in total. The van der Waals surface area contributed by atoms with Gasteiger partial charge in [-0.05, 0) is 23.9 Å². The van der Waals surface area contributed by atoms with Crippen LogP contribution in [0.5, 0.6) is 0 Å². The molecule has 0 radical (unpaired) electrons. The van der Waals surface area contributed by atoms with Crippen LogP contribution in [0.1, 0.15) is 18.6 Å². The first-order valence-electron chi connectivity index (χ1n) is 7.64. The van der Waals surface area contributed by atoms with E-state index in [1.165, 1.54) is 0 Å². The molecule has 0 aliphatic carbocycles. The predicted octanol–water partition coefficient (Wildman–Crippen LogP) is 5.17. The third kappa shape index (κ3) is 3.19. The number of fused-ring (bicyclic) bond motifs is 1. The Balaban J connectivity index is 1.82. The number of hydrogen-bond acceptors (Lipinski definition) is 2. The highest BCUT2D eigenvalue weighted by Gasteiger charge is 2.18. The minimum Gasteiger partial charge on any atom is -0.441 e. The molecule has 0 heterocycles. The lowest BCUT2D eigenvalue weighted by Gasteiger charge is -2.22. The lowest BCUT2D eigenvalue weighted by Crippen LogP contribution is -2.28. The SMILES string of the molecule is CC(OC(=O)N(C)c1cccc2ccccc12)c1ccccc1. The average Bonchev–Trinajstić information content (AvgIpc) is 2.61. The monoisotopic (exact) mass is 305 g/mol. The number of carbonyl (C=O) groups is 1. The van der Waals surface area contributed by atoms with E-state index in [1.54, 1.807) is 11.9 Å². The molecule has 0 saturated heterocycles. The van der Waals surface area contributed by atoms with Crippen molar-refractivity contribution < 1.29 is 9.53 Å². The van der Waals surface area contributed by atoms with E-state index in [1.807, 2.05) is 79.7 Å². The first-order valence-corrected chi connectivity index (χ1v) is 7.64. The normalized spacial score (nSPS) is 11.9. The second-order valence-corrected chi connectivity index (χ2v) is 5.49. The molecule has 3 heteroatoms. The van der Waals surface area contributed by atoms with Crippen molar-refractivity contribution in [1.29, 1.82) is 0 Å². The molecule has 1 amide bonds. The third-order valence-electron chi connectivity index (χ3n) is 3.95. The van der Waals surface area contributed by atoms with E-state index in [-0.39, 0.29) is 12.2 Å². The molecule has 1 atom stereocenters. The van der Waals surface area contributed by atoms with Gasteiger partial charge in [0.25, 0.3) is 0 Å². The van der Waals surface area contributed by atoms with E-state index in [4.69, 9.17) is 4.74 Å². The summed E-state index contributed by atoms with van der Waals surface area (Å²) in [4.78, 5) is 14.0. The molecule has 0 saturated carbocycles. The second-order valence-electron chi connectivity index (χ2n) is 5.49. The van der Waals surface area contributed by atoms with E-state index < -0.39 is 0 Å². The molecular weight excluding hydrogens is 286 g/mol. The summed E-state index contributed by atoms with van der Waals surface area (Å²) in [6.45, 7) is 1.88. The maximum absolute atomic E-state index is 12.5. The molecule has 0 fully saturated rings. The molecule has 0 N–H and O–H groups in total. The molecular formula is C20H19NO2. The number of hydrogen-bond donors (Lipinski definition) is 0. The zero-order valence-electron chi connectivity index (χ0n) is 13.3. The van der Waals surface area contributed by atoms with Crippen LogP contribution in [-0.2, 0) is 4.74 Å². The van der Waals surface area contributed by atoms with Crippen molar-refractivity contribution >= 4 is 22.6 Å². The summed E-state index contributed by atoms with van der Waals surface area (Å²) in [6, 6.07) is 23.6. The van der Waals surface area contributed by atoms with E-state index in [9.17, 15) is 4.79 Å². The summed E-state index contributed by atoms with van der Waals surface area (Å²) < 4.78 is 5.59. The van der Waals surface area contributed by atoms with Gasteiger partial charge in [-0.25, -0.2) is 4.79 Å².